The number of ether oxygens (including phenoxy) is 4. The first kappa shape index (κ1) is 22.9. The van der Waals surface area contributed by atoms with Crippen molar-refractivity contribution in [3.05, 3.63) is 47.5 Å². The number of hydrogen-bond donors (Lipinski definition) is 2. The smallest absolute Gasteiger partial charge is 0.262 e. The molecule has 0 fully saturated rings. The van der Waals surface area contributed by atoms with Crippen LogP contribution < -0.4 is 29.7 Å². The number of hydrogen-bond acceptors (Lipinski definition) is 7. The van der Waals surface area contributed by atoms with Crippen molar-refractivity contribution in [2.45, 2.75) is 26.8 Å². The Morgan fingerprint density at radius 2 is 1.91 bits per heavy atom. The number of nitrogens with one attached hydrogen (secondary N) is 2. The largest absolute Gasteiger partial charge is 0.493 e. The van der Waals surface area contributed by atoms with Crippen LogP contribution in [0.3, 0.4) is 0 Å². The summed E-state index contributed by atoms with van der Waals surface area (Å²) >= 11 is 0. The van der Waals surface area contributed by atoms with Gasteiger partial charge in [0.1, 0.15) is 6.04 Å². The van der Waals surface area contributed by atoms with E-state index < -0.39 is 17.9 Å². The van der Waals surface area contributed by atoms with Crippen molar-refractivity contribution in [2.24, 2.45) is 11.0 Å². The van der Waals surface area contributed by atoms with Gasteiger partial charge in [-0.3, -0.25) is 9.59 Å². The summed E-state index contributed by atoms with van der Waals surface area (Å²) < 4.78 is 21.4. The zero-order valence-corrected chi connectivity index (χ0v) is 18.5. The molecular weight excluding hydrogens is 414 g/mol. The second-order valence-electron chi connectivity index (χ2n) is 7.34. The highest BCUT2D eigenvalue weighted by molar-refractivity contribution is 5.98. The lowest BCUT2D eigenvalue weighted by atomic mass is 10.0. The lowest BCUT2D eigenvalue weighted by Crippen LogP contribution is -2.48. The molecule has 9 heteroatoms. The lowest BCUT2D eigenvalue weighted by Gasteiger charge is -2.20. The number of benzene rings is 2. The molecule has 1 unspecified atom stereocenters. The van der Waals surface area contributed by atoms with E-state index in [2.05, 4.69) is 15.8 Å². The monoisotopic (exact) mass is 441 g/mol. The molecule has 1 heterocycles. The summed E-state index contributed by atoms with van der Waals surface area (Å²) in [6, 6.07) is 9.41. The Kier molecular flexibility index (Phi) is 7.54. The molecule has 0 saturated carbocycles. The highest BCUT2D eigenvalue weighted by Crippen LogP contribution is 2.32. The van der Waals surface area contributed by atoms with Gasteiger partial charge in [0, 0.05) is 5.56 Å². The normalized spacial score (nSPS) is 13.2. The molecule has 0 radical (unpaired) electrons. The minimum absolute atomic E-state index is 0.121. The Balaban J connectivity index is 1.63. The van der Waals surface area contributed by atoms with Gasteiger partial charge in [0.15, 0.2) is 23.0 Å². The van der Waals surface area contributed by atoms with Crippen molar-refractivity contribution in [3.8, 4) is 23.0 Å². The fourth-order valence-electron chi connectivity index (χ4n) is 3.08. The molecule has 2 aromatic rings. The summed E-state index contributed by atoms with van der Waals surface area (Å²) in [5, 5.41) is 6.77. The van der Waals surface area contributed by atoms with E-state index in [4.69, 9.17) is 18.9 Å². The molecule has 2 amide bonds. The average molecular weight is 441 g/mol. The number of carbonyl (C=O) groups excluding carboxylic acids is 2. The summed E-state index contributed by atoms with van der Waals surface area (Å²) in [5.41, 5.74) is 3.58. The topological polar surface area (TPSA) is 107 Å². The third-order valence-corrected chi connectivity index (χ3v) is 4.75. The van der Waals surface area contributed by atoms with Crippen LogP contribution in [0.5, 0.6) is 23.0 Å². The Labute approximate surface area is 186 Å². The molecule has 32 heavy (non-hydrogen) atoms. The number of hydrazone groups is 1. The SMILES string of the molecule is CCOc1ccc(/C=N/NC(=O)C(NC(=O)c2ccc3c(c2)OCO3)C(C)C)cc1OC. The highest BCUT2D eigenvalue weighted by atomic mass is 16.7. The minimum atomic E-state index is -0.778. The Morgan fingerprint density at radius 3 is 2.62 bits per heavy atom. The van der Waals surface area contributed by atoms with Gasteiger partial charge in [-0.2, -0.15) is 5.10 Å². The highest BCUT2D eigenvalue weighted by Gasteiger charge is 2.25. The molecular formula is C23H27N3O6. The third kappa shape index (κ3) is 5.48. The van der Waals surface area contributed by atoms with E-state index >= 15 is 0 Å². The quantitative estimate of drug-likeness (QED) is 0.458. The Morgan fingerprint density at radius 1 is 1.12 bits per heavy atom. The van der Waals surface area contributed by atoms with Crippen LogP contribution in [0, 0.1) is 5.92 Å². The average Bonchev–Trinajstić information content (AvgIpc) is 3.26. The summed E-state index contributed by atoms with van der Waals surface area (Å²) in [7, 11) is 1.55. The van der Waals surface area contributed by atoms with Gasteiger partial charge in [-0.15, -0.1) is 0 Å². The maximum atomic E-state index is 12.7. The van der Waals surface area contributed by atoms with Crippen molar-refractivity contribution < 1.29 is 28.5 Å². The Bertz CT molecular complexity index is 1010. The number of carbonyl (C=O) groups is 2. The number of amides is 2. The number of rotatable bonds is 9. The molecule has 2 aromatic carbocycles. The van der Waals surface area contributed by atoms with Crippen LogP contribution in [-0.4, -0.2) is 44.6 Å². The second kappa shape index (κ2) is 10.5. The van der Waals surface area contributed by atoms with Gasteiger partial charge in [-0.25, -0.2) is 5.43 Å². The summed E-state index contributed by atoms with van der Waals surface area (Å²) in [4.78, 5) is 25.3. The zero-order valence-electron chi connectivity index (χ0n) is 18.5. The van der Waals surface area contributed by atoms with Crippen molar-refractivity contribution in [1.82, 2.24) is 10.7 Å². The fourth-order valence-corrected chi connectivity index (χ4v) is 3.08. The first-order valence-corrected chi connectivity index (χ1v) is 10.3. The van der Waals surface area contributed by atoms with Crippen LogP contribution in [0.4, 0.5) is 0 Å². The summed E-state index contributed by atoms with van der Waals surface area (Å²) in [6.07, 6.45) is 1.49. The molecule has 1 atom stereocenters. The number of methoxy groups -OCH3 is 1. The molecule has 1 aliphatic rings. The van der Waals surface area contributed by atoms with Gasteiger partial charge in [0.05, 0.1) is 19.9 Å². The van der Waals surface area contributed by atoms with Gasteiger partial charge in [0.2, 0.25) is 6.79 Å². The second-order valence-corrected chi connectivity index (χ2v) is 7.34. The van der Waals surface area contributed by atoms with Crippen molar-refractivity contribution >= 4 is 18.0 Å². The Hall–Kier alpha value is -3.75. The van der Waals surface area contributed by atoms with Gasteiger partial charge in [0.25, 0.3) is 11.8 Å². The first-order chi connectivity index (χ1) is 15.4. The fraction of sp³-hybridized carbons (Fsp3) is 0.348. The van der Waals surface area contributed by atoms with Crippen LogP contribution in [-0.2, 0) is 4.79 Å². The lowest BCUT2D eigenvalue weighted by molar-refractivity contribution is -0.123. The van der Waals surface area contributed by atoms with Crippen molar-refractivity contribution in [1.29, 1.82) is 0 Å². The predicted octanol–water partition coefficient (Wildman–Crippen LogP) is 2.73. The summed E-state index contributed by atoms with van der Waals surface area (Å²) in [5.74, 6) is 1.30. The van der Waals surface area contributed by atoms with Crippen molar-refractivity contribution in [2.75, 3.05) is 20.5 Å². The molecule has 0 aliphatic carbocycles. The first-order valence-electron chi connectivity index (χ1n) is 10.3. The van der Waals surface area contributed by atoms with E-state index in [0.29, 0.717) is 35.2 Å². The molecule has 170 valence electrons. The van der Waals surface area contributed by atoms with E-state index in [1.54, 1.807) is 43.5 Å². The van der Waals surface area contributed by atoms with E-state index in [1.165, 1.54) is 6.21 Å². The predicted molar refractivity (Wildman–Crippen MR) is 119 cm³/mol. The van der Waals surface area contributed by atoms with Crippen molar-refractivity contribution in [3.63, 3.8) is 0 Å². The van der Waals surface area contributed by atoms with E-state index in [-0.39, 0.29) is 12.7 Å². The number of fused-ring (bicyclic) bond motifs is 1. The molecule has 0 saturated heterocycles. The maximum Gasteiger partial charge on any atom is 0.262 e. The van der Waals surface area contributed by atoms with Gasteiger partial charge >= 0.3 is 0 Å². The van der Waals surface area contributed by atoms with E-state index in [0.717, 1.165) is 5.56 Å². The number of nitrogens with zero attached hydrogens (tertiary/aromatic N) is 1. The molecule has 0 aromatic heterocycles. The third-order valence-electron chi connectivity index (χ3n) is 4.75. The van der Waals surface area contributed by atoms with Crippen LogP contribution in [0.2, 0.25) is 0 Å². The van der Waals surface area contributed by atoms with Crippen LogP contribution in [0.25, 0.3) is 0 Å². The molecule has 1 aliphatic heterocycles. The molecule has 3 rings (SSSR count). The molecule has 2 N–H and O–H groups in total. The molecule has 0 bridgehead atoms. The van der Waals surface area contributed by atoms with Crippen LogP contribution in [0.15, 0.2) is 41.5 Å². The minimum Gasteiger partial charge on any atom is -0.493 e. The maximum absolute atomic E-state index is 12.7. The zero-order chi connectivity index (χ0) is 23.1. The van der Waals surface area contributed by atoms with E-state index in [1.807, 2.05) is 20.8 Å². The van der Waals surface area contributed by atoms with Crippen LogP contribution >= 0.6 is 0 Å². The standard InChI is InChI=1S/C23H27N3O6/c1-5-30-17-8-6-15(10-19(17)29-4)12-24-26-23(28)21(14(2)3)25-22(27)16-7-9-18-20(11-16)32-13-31-18/h6-12,14,21H,5,13H2,1-4H3,(H,25,27)(H,26,28)/b24-12+. The van der Waals surface area contributed by atoms with E-state index in [9.17, 15) is 9.59 Å². The molecule has 9 nitrogen and oxygen atoms in total. The van der Waals surface area contributed by atoms with Gasteiger partial charge in [-0.1, -0.05) is 13.8 Å². The van der Waals surface area contributed by atoms with Crippen LogP contribution in [0.1, 0.15) is 36.7 Å². The molecule has 0 spiro atoms. The van der Waals surface area contributed by atoms with Gasteiger partial charge in [-0.05, 0) is 54.8 Å². The van der Waals surface area contributed by atoms with Gasteiger partial charge < -0.3 is 24.3 Å². The summed E-state index contributed by atoms with van der Waals surface area (Å²) in [6.45, 7) is 6.21.